The van der Waals surface area contributed by atoms with Crippen molar-refractivity contribution < 1.29 is 13.9 Å². The minimum Gasteiger partial charge on any atom is -0.375 e. The average molecular weight is 726 g/mol. The number of nitrogens with zero attached hydrogens (tertiary/aromatic N) is 5. The normalized spacial score (nSPS) is 26.2. The molecule has 0 unspecified atom stereocenters. The molecule has 8 nitrogen and oxygen atoms in total. The highest BCUT2D eigenvalue weighted by Crippen LogP contribution is 2.51. The number of fused-ring (bicyclic) bond motifs is 4. The zero-order valence-corrected chi connectivity index (χ0v) is 30.0. The Kier molecular flexibility index (Phi) is 8.09. The first kappa shape index (κ1) is 33.1. The maximum atomic E-state index is 17.2. The zero-order chi connectivity index (χ0) is 35.2. The minimum absolute atomic E-state index is 0.0421. The number of amides is 1. The Morgan fingerprint density at radius 2 is 2.00 bits per heavy atom. The van der Waals surface area contributed by atoms with E-state index in [1.165, 1.54) is 0 Å². The molecule has 2 aromatic carbocycles. The van der Waals surface area contributed by atoms with Crippen LogP contribution in [0.4, 0.5) is 4.39 Å². The number of hydrogen-bond donors (Lipinski definition) is 1. The van der Waals surface area contributed by atoms with E-state index in [9.17, 15) is 15.3 Å². The predicted molar refractivity (Wildman–Crippen MR) is 194 cm³/mol. The van der Waals surface area contributed by atoms with Gasteiger partial charge in [-0.2, -0.15) is 10.5 Å². The van der Waals surface area contributed by atoms with Crippen LogP contribution in [0.5, 0.6) is 0 Å². The second-order valence-corrected chi connectivity index (χ2v) is 16.3. The van der Waals surface area contributed by atoms with Crippen LogP contribution in [0, 0.1) is 52.7 Å². The van der Waals surface area contributed by atoms with Crippen molar-refractivity contribution in [1.29, 1.82) is 10.5 Å². The summed E-state index contributed by atoms with van der Waals surface area (Å²) in [4.78, 5) is 20.9. The van der Waals surface area contributed by atoms with Crippen LogP contribution in [0.3, 0.4) is 0 Å². The molecule has 51 heavy (non-hydrogen) atoms. The first-order valence-electron chi connectivity index (χ1n) is 18.3. The van der Waals surface area contributed by atoms with E-state index in [-0.39, 0.29) is 53.0 Å². The Hall–Kier alpha value is -3.73. The van der Waals surface area contributed by atoms with Gasteiger partial charge in [-0.05, 0) is 75.1 Å². The number of ether oxygens (including phenoxy) is 1. The molecule has 0 radical (unpaired) electrons. The largest absolute Gasteiger partial charge is 0.375 e. The molecular formula is C40H39Cl2FN6O2. The molecule has 6 aliphatic rings. The number of halogens is 3. The second kappa shape index (κ2) is 12.5. The smallest absolute Gasteiger partial charge is 0.226 e. The number of pyridine rings is 1. The molecule has 10 rings (SSSR count). The second-order valence-electron chi connectivity index (χ2n) is 15.5. The summed E-state index contributed by atoms with van der Waals surface area (Å²) >= 11 is 13.1. The van der Waals surface area contributed by atoms with E-state index < -0.39 is 11.2 Å². The fourth-order valence-electron chi connectivity index (χ4n) is 9.27. The van der Waals surface area contributed by atoms with Gasteiger partial charge in [0.1, 0.15) is 5.52 Å². The Labute approximate surface area is 306 Å². The van der Waals surface area contributed by atoms with E-state index in [1.807, 2.05) is 17.9 Å². The lowest BCUT2D eigenvalue weighted by Gasteiger charge is -2.39. The number of carbonyl (C=O) groups is 1. The summed E-state index contributed by atoms with van der Waals surface area (Å²) in [5.41, 5.74) is 3.94. The topological polar surface area (TPSA) is 107 Å². The van der Waals surface area contributed by atoms with Gasteiger partial charge in [0.25, 0.3) is 0 Å². The van der Waals surface area contributed by atoms with Gasteiger partial charge < -0.3 is 19.5 Å². The van der Waals surface area contributed by atoms with Crippen molar-refractivity contribution >= 4 is 50.9 Å². The number of benzene rings is 2. The van der Waals surface area contributed by atoms with E-state index in [0.29, 0.717) is 64.7 Å². The first-order valence-corrected chi connectivity index (χ1v) is 19.0. The number of hydrogen-bond acceptors (Lipinski definition) is 6. The van der Waals surface area contributed by atoms with Crippen LogP contribution in [0.25, 0.3) is 32.9 Å². The number of nitrogens with one attached hydrogen (secondary N) is 1. The van der Waals surface area contributed by atoms with Gasteiger partial charge in [0.15, 0.2) is 5.82 Å². The van der Waals surface area contributed by atoms with Crippen molar-refractivity contribution in [2.24, 2.45) is 17.3 Å². The highest BCUT2D eigenvalue weighted by molar-refractivity contribution is 6.43. The number of nitriles is 2. The molecule has 262 valence electrons. The summed E-state index contributed by atoms with van der Waals surface area (Å²) in [6.45, 7) is 3.72. The highest BCUT2D eigenvalue weighted by atomic mass is 35.5. The number of aryl methyl sites for hydroxylation is 2. The zero-order valence-electron chi connectivity index (χ0n) is 28.5. The Balaban J connectivity index is 1.23. The van der Waals surface area contributed by atoms with Gasteiger partial charge in [0.2, 0.25) is 5.91 Å². The lowest BCUT2D eigenvalue weighted by atomic mass is 9.71. The summed E-state index contributed by atoms with van der Waals surface area (Å²) < 4.78 is 26.1. The molecule has 6 fully saturated rings. The first-order chi connectivity index (χ1) is 24.7. The van der Waals surface area contributed by atoms with Gasteiger partial charge in [-0.25, -0.2) is 9.37 Å². The molecule has 3 aliphatic heterocycles. The molecule has 3 saturated heterocycles. The van der Waals surface area contributed by atoms with Crippen molar-refractivity contribution in [3.63, 3.8) is 0 Å². The standard InChI is InChI=1S/C40H39Cl2FN6O2/c1-21-27-16-32(31-15-25(18-48(31)39(50)22-8-9-22)51-20-40(19-45)10-4-11-40)49(37-24-14-30(37)46-17-24)38(27)28-13-23(5-3-12-44)33(35(43)36(28)47-21)26-6-2-7-29(41)34(26)42/h2,6-7,13,16,22,24-25,30-31,37,46H,3-5,8-11,14-15,17-18,20H2,1H3/t24-,25+,30-,31-,37+/m1/s1. The molecule has 2 aromatic heterocycles. The maximum absolute atomic E-state index is 17.2. The SMILES string of the molecule is Cc1nc2c(F)c(-c3cccc(Cl)c3Cl)c(CCC#N)cc2c2c1cc([C@H]1C[C@H](OCC3(C#N)CCC3)CN1C(=O)C1CC1)n2[C@H]1[C@H]2CN[C@@H]1C2. The Morgan fingerprint density at radius 1 is 1.18 bits per heavy atom. The molecule has 3 saturated carbocycles. The Morgan fingerprint density at radius 3 is 2.67 bits per heavy atom. The van der Waals surface area contributed by atoms with E-state index in [4.69, 9.17) is 32.9 Å². The van der Waals surface area contributed by atoms with Crippen molar-refractivity contribution in [2.75, 3.05) is 19.7 Å². The molecule has 0 spiro atoms. The van der Waals surface area contributed by atoms with Gasteiger partial charge >= 0.3 is 0 Å². The van der Waals surface area contributed by atoms with Crippen molar-refractivity contribution in [2.45, 2.75) is 88.9 Å². The van der Waals surface area contributed by atoms with Gasteiger partial charge in [0, 0.05) is 71.2 Å². The number of aromatic nitrogens is 2. The molecule has 11 heteroatoms. The lowest BCUT2D eigenvalue weighted by molar-refractivity contribution is -0.134. The van der Waals surface area contributed by atoms with E-state index in [1.54, 1.807) is 18.2 Å². The molecule has 1 N–H and O–H groups in total. The quantitative estimate of drug-likeness (QED) is 0.186. The van der Waals surface area contributed by atoms with E-state index in [2.05, 4.69) is 28.1 Å². The molecule has 4 aromatic rings. The molecule has 5 heterocycles. The van der Waals surface area contributed by atoms with E-state index >= 15 is 4.39 Å². The van der Waals surface area contributed by atoms with Gasteiger partial charge in [0.05, 0.1) is 57.9 Å². The summed E-state index contributed by atoms with van der Waals surface area (Å²) in [6.07, 6.45) is 6.62. The fraction of sp³-hybridized carbons (Fsp3) is 0.500. The molecular weight excluding hydrogens is 686 g/mol. The third kappa shape index (κ3) is 5.26. The lowest BCUT2D eigenvalue weighted by Crippen LogP contribution is -2.41. The average Bonchev–Trinajstić information content (AvgIpc) is 3.40. The van der Waals surface area contributed by atoms with Crippen LogP contribution in [0.1, 0.15) is 80.4 Å². The van der Waals surface area contributed by atoms with Crippen LogP contribution < -0.4 is 5.32 Å². The summed E-state index contributed by atoms with van der Waals surface area (Å²) in [6, 6.07) is 14.3. The van der Waals surface area contributed by atoms with Crippen LogP contribution in [0.15, 0.2) is 30.3 Å². The van der Waals surface area contributed by atoms with Crippen molar-refractivity contribution in [3.05, 3.63) is 63.1 Å². The molecule has 3 aliphatic carbocycles. The van der Waals surface area contributed by atoms with Crippen LogP contribution in [-0.2, 0) is 16.0 Å². The van der Waals surface area contributed by atoms with Gasteiger partial charge in [-0.1, -0.05) is 41.8 Å². The maximum Gasteiger partial charge on any atom is 0.226 e. The van der Waals surface area contributed by atoms with Crippen LogP contribution in [-0.4, -0.2) is 52.2 Å². The highest BCUT2D eigenvalue weighted by Gasteiger charge is 2.51. The fourth-order valence-corrected chi connectivity index (χ4v) is 9.67. The van der Waals surface area contributed by atoms with Gasteiger partial charge in [-0.3, -0.25) is 4.79 Å². The van der Waals surface area contributed by atoms with Crippen LogP contribution in [0.2, 0.25) is 10.0 Å². The summed E-state index contributed by atoms with van der Waals surface area (Å²) in [7, 11) is 0. The molecule has 2 bridgehead atoms. The van der Waals surface area contributed by atoms with E-state index in [0.717, 1.165) is 61.7 Å². The van der Waals surface area contributed by atoms with Crippen LogP contribution >= 0.6 is 23.2 Å². The number of rotatable bonds is 9. The number of carbonyl (C=O) groups excluding carboxylic acids is 1. The monoisotopic (exact) mass is 724 g/mol. The van der Waals surface area contributed by atoms with Gasteiger partial charge in [-0.15, -0.1) is 0 Å². The van der Waals surface area contributed by atoms with Crippen molar-refractivity contribution in [3.8, 4) is 23.3 Å². The Bertz CT molecular complexity index is 2180. The molecule has 5 atom stereocenters. The molecule has 1 amide bonds. The third-order valence-electron chi connectivity index (χ3n) is 12.4. The number of likely N-dealkylation sites (tertiary alicyclic amines) is 1. The third-order valence-corrected chi connectivity index (χ3v) is 13.2. The minimum atomic E-state index is -0.485. The van der Waals surface area contributed by atoms with Crippen molar-refractivity contribution in [1.82, 2.24) is 19.8 Å². The summed E-state index contributed by atoms with van der Waals surface area (Å²) in [5, 5.41) is 25.4. The summed E-state index contributed by atoms with van der Waals surface area (Å²) in [5.74, 6) is 0.139. The predicted octanol–water partition coefficient (Wildman–Crippen LogP) is 8.36.